The van der Waals surface area contributed by atoms with Gasteiger partial charge in [0.2, 0.25) is 0 Å². The molecule has 1 aromatic heterocycles. The first-order chi connectivity index (χ1) is 12.0. The van der Waals surface area contributed by atoms with Crippen LogP contribution in [-0.2, 0) is 17.6 Å². The minimum absolute atomic E-state index is 0.332. The monoisotopic (exact) mass is 378 g/mol. The highest BCUT2D eigenvalue weighted by atomic mass is 35.5. The van der Waals surface area contributed by atoms with E-state index in [9.17, 15) is 9.59 Å². The molecule has 0 saturated carbocycles. The van der Waals surface area contributed by atoms with Crippen molar-refractivity contribution in [3.05, 3.63) is 45.3 Å². The minimum atomic E-state index is -0.738. The second-order valence-electron chi connectivity index (χ2n) is 5.99. The lowest BCUT2D eigenvalue weighted by molar-refractivity contribution is -0.122. The van der Waals surface area contributed by atoms with Gasteiger partial charge in [-0.3, -0.25) is 9.59 Å². The molecule has 0 spiro atoms. The number of amides is 2. The van der Waals surface area contributed by atoms with Crippen LogP contribution in [0.2, 0.25) is 5.02 Å². The molecule has 5 nitrogen and oxygen atoms in total. The number of primary amides is 1. The zero-order valence-electron chi connectivity index (χ0n) is 13.8. The Kier molecular flexibility index (Phi) is 5.30. The predicted molar refractivity (Wildman–Crippen MR) is 99.7 cm³/mol. The fourth-order valence-corrected chi connectivity index (χ4v) is 4.40. The normalized spacial score (nSPS) is 14.5. The van der Waals surface area contributed by atoms with E-state index >= 15 is 0 Å². The summed E-state index contributed by atoms with van der Waals surface area (Å²) in [5, 5.41) is 3.86. The number of anilines is 1. The summed E-state index contributed by atoms with van der Waals surface area (Å²) in [5.74, 6) is -0.324. The van der Waals surface area contributed by atoms with Gasteiger partial charge in [0.25, 0.3) is 11.8 Å². The zero-order valence-corrected chi connectivity index (χ0v) is 15.4. The molecule has 25 heavy (non-hydrogen) atoms. The van der Waals surface area contributed by atoms with Gasteiger partial charge in [0.1, 0.15) is 10.8 Å². The van der Waals surface area contributed by atoms with Crippen molar-refractivity contribution in [2.24, 2.45) is 5.73 Å². The highest BCUT2D eigenvalue weighted by molar-refractivity contribution is 7.17. The molecule has 0 aliphatic heterocycles. The number of nitrogens with two attached hydrogens (primary N) is 1. The number of carbonyl (C=O) groups is 2. The number of rotatable bonds is 5. The second-order valence-corrected chi connectivity index (χ2v) is 7.53. The van der Waals surface area contributed by atoms with Gasteiger partial charge in [-0.25, -0.2) is 0 Å². The molecule has 0 bridgehead atoms. The van der Waals surface area contributed by atoms with Gasteiger partial charge in [-0.15, -0.1) is 11.3 Å². The minimum Gasteiger partial charge on any atom is -0.481 e. The third-order valence-electron chi connectivity index (χ3n) is 4.13. The number of ether oxygens (including phenoxy) is 1. The number of thiophene rings is 1. The van der Waals surface area contributed by atoms with Crippen molar-refractivity contribution in [2.45, 2.75) is 38.7 Å². The van der Waals surface area contributed by atoms with Crippen LogP contribution in [0.1, 0.15) is 40.6 Å². The van der Waals surface area contributed by atoms with Gasteiger partial charge in [-0.2, -0.15) is 0 Å². The van der Waals surface area contributed by atoms with Crippen LogP contribution in [0.15, 0.2) is 24.3 Å². The maximum Gasteiger partial charge on any atom is 0.265 e. The fraction of sp³-hybridized carbons (Fsp3) is 0.333. The van der Waals surface area contributed by atoms with Gasteiger partial charge in [0.15, 0.2) is 6.10 Å². The molecule has 0 radical (unpaired) electrons. The number of fused-ring (bicyclic) bond motifs is 1. The first-order valence-corrected chi connectivity index (χ1v) is 9.32. The van der Waals surface area contributed by atoms with Crippen molar-refractivity contribution in [2.75, 3.05) is 5.32 Å². The summed E-state index contributed by atoms with van der Waals surface area (Å²) in [4.78, 5) is 25.5. The van der Waals surface area contributed by atoms with E-state index < -0.39 is 12.0 Å². The largest absolute Gasteiger partial charge is 0.481 e. The molecular formula is C18H19ClN2O3S. The molecule has 1 heterocycles. The third kappa shape index (κ3) is 3.96. The second kappa shape index (κ2) is 7.45. The van der Waals surface area contributed by atoms with E-state index in [0.717, 1.165) is 36.1 Å². The number of hydrogen-bond donors (Lipinski definition) is 2. The van der Waals surface area contributed by atoms with Gasteiger partial charge < -0.3 is 15.8 Å². The molecule has 3 rings (SSSR count). The molecule has 1 aliphatic rings. The summed E-state index contributed by atoms with van der Waals surface area (Å²) in [6.07, 6.45) is 3.14. The van der Waals surface area contributed by atoms with Crippen molar-refractivity contribution in [3.63, 3.8) is 0 Å². The molecule has 0 unspecified atom stereocenters. The van der Waals surface area contributed by atoms with Crippen molar-refractivity contribution in [3.8, 4) is 5.75 Å². The van der Waals surface area contributed by atoms with Crippen LogP contribution in [0.3, 0.4) is 0 Å². The number of carbonyl (C=O) groups excluding carboxylic acids is 2. The SMILES string of the molecule is C[C@H](Oc1cccc(Cl)c1)C(=O)Nc1sc2c(c1C(N)=O)CCCC2. The molecule has 0 fully saturated rings. The Bertz CT molecular complexity index is 819. The van der Waals surface area contributed by atoms with Gasteiger partial charge in [0.05, 0.1) is 5.56 Å². The van der Waals surface area contributed by atoms with E-state index in [-0.39, 0.29) is 5.91 Å². The Labute approximate surface area is 155 Å². The van der Waals surface area contributed by atoms with Gasteiger partial charge in [-0.05, 0) is 56.4 Å². The topological polar surface area (TPSA) is 81.4 Å². The van der Waals surface area contributed by atoms with Crippen molar-refractivity contribution >= 4 is 39.8 Å². The smallest absolute Gasteiger partial charge is 0.265 e. The molecule has 7 heteroatoms. The van der Waals surface area contributed by atoms with Gasteiger partial charge >= 0.3 is 0 Å². The zero-order chi connectivity index (χ0) is 18.0. The average Bonchev–Trinajstić information content (AvgIpc) is 2.92. The van der Waals surface area contributed by atoms with E-state index in [1.54, 1.807) is 31.2 Å². The molecule has 0 saturated heterocycles. The Morgan fingerprint density at radius 2 is 2.08 bits per heavy atom. The van der Waals surface area contributed by atoms with Gasteiger partial charge in [0, 0.05) is 9.90 Å². The lowest BCUT2D eigenvalue weighted by Crippen LogP contribution is -2.30. The highest BCUT2D eigenvalue weighted by Crippen LogP contribution is 2.38. The Balaban J connectivity index is 1.76. The van der Waals surface area contributed by atoms with Crippen LogP contribution >= 0.6 is 22.9 Å². The molecule has 2 aromatic rings. The standard InChI is InChI=1S/C18H19ClN2O3S/c1-10(24-12-6-4-5-11(19)9-12)17(23)21-18-15(16(20)22)13-7-2-3-8-14(13)25-18/h4-6,9-10H,2-3,7-8H2,1H3,(H2,20,22)(H,21,23)/t10-/m0/s1. The summed E-state index contributed by atoms with van der Waals surface area (Å²) in [5.41, 5.74) is 6.98. The summed E-state index contributed by atoms with van der Waals surface area (Å²) in [6, 6.07) is 6.85. The van der Waals surface area contributed by atoms with E-state index in [2.05, 4.69) is 5.32 Å². The quantitative estimate of drug-likeness (QED) is 0.830. The van der Waals surface area contributed by atoms with E-state index in [1.165, 1.54) is 11.3 Å². The number of aryl methyl sites for hydroxylation is 1. The summed E-state index contributed by atoms with van der Waals surface area (Å²) in [7, 11) is 0. The number of halogens is 1. The lowest BCUT2D eigenvalue weighted by atomic mass is 9.95. The summed E-state index contributed by atoms with van der Waals surface area (Å²) < 4.78 is 5.62. The average molecular weight is 379 g/mol. The lowest BCUT2D eigenvalue weighted by Gasteiger charge is -2.15. The third-order valence-corrected chi connectivity index (χ3v) is 5.57. The molecule has 132 valence electrons. The Hall–Kier alpha value is -2.05. The molecule has 1 atom stereocenters. The van der Waals surface area contributed by atoms with E-state index in [0.29, 0.717) is 21.3 Å². The Morgan fingerprint density at radius 3 is 2.80 bits per heavy atom. The van der Waals surface area contributed by atoms with Crippen LogP contribution in [0.5, 0.6) is 5.75 Å². The predicted octanol–water partition coefficient (Wildman–Crippen LogP) is 3.79. The maximum absolute atomic E-state index is 12.5. The highest BCUT2D eigenvalue weighted by Gasteiger charge is 2.26. The summed E-state index contributed by atoms with van der Waals surface area (Å²) in [6.45, 7) is 1.65. The number of hydrogen-bond acceptors (Lipinski definition) is 4. The van der Waals surface area contributed by atoms with Crippen molar-refractivity contribution in [1.82, 2.24) is 0 Å². The summed E-state index contributed by atoms with van der Waals surface area (Å²) >= 11 is 7.36. The molecule has 3 N–H and O–H groups in total. The van der Waals surface area contributed by atoms with Crippen LogP contribution in [0.25, 0.3) is 0 Å². The number of nitrogens with one attached hydrogen (secondary N) is 1. The molecule has 2 amide bonds. The molecule has 1 aliphatic carbocycles. The Morgan fingerprint density at radius 1 is 1.32 bits per heavy atom. The number of benzene rings is 1. The fourth-order valence-electron chi connectivity index (χ4n) is 2.93. The van der Waals surface area contributed by atoms with Crippen LogP contribution in [-0.4, -0.2) is 17.9 Å². The first-order valence-electron chi connectivity index (χ1n) is 8.13. The van der Waals surface area contributed by atoms with Crippen LogP contribution in [0, 0.1) is 0 Å². The van der Waals surface area contributed by atoms with Crippen molar-refractivity contribution in [1.29, 1.82) is 0 Å². The molecule has 1 aromatic carbocycles. The van der Waals surface area contributed by atoms with E-state index in [1.807, 2.05) is 0 Å². The van der Waals surface area contributed by atoms with Gasteiger partial charge in [-0.1, -0.05) is 17.7 Å². The van der Waals surface area contributed by atoms with Crippen LogP contribution < -0.4 is 15.8 Å². The van der Waals surface area contributed by atoms with Crippen LogP contribution in [0.4, 0.5) is 5.00 Å². The first kappa shape index (κ1) is 17.8. The van der Waals surface area contributed by atoms with E-state index in [4.69, 9.17) is 22.1 Å². The maximum atomic E-state index is 12.5. The van der Waals surface area contributed by atoms with Crippen molar-refractivity contribution < 1.29 is 14.3 Å². The molecular weight excluding hydrogens is 360 g/mol.